The van der Waals surface area contributed by atoms with Crippen molar-refractivity contribution in [3.8, 4) is 28.6 Å². The number of aromatic nitrogens is 2. The fourth-order valence-corrected chi connectivity index (χ4v) is 2.10. The van der Waals surface area contributed by atoms with Gasteiger partial charge in [0.25, 0.3) is 5.89 Å². The Morgan fingerprint density at radius 3 is 2.76 bits per heavy atom. The lowest BCUT2D eigenvalue weighted by Crippen LogP contribution is -1.88. The van der Waals surface area contributed by atoms with Crippen LogP contribution in [0.15, 0.2) is 40.9 Å². The first-order valence-electron chi connectivity index (χ1n) is 5.93. The lowest BCUT2D eigenvalue weighted by atomic mass is 10.1. The third-order valence-corrected chi connectivity index (χ3v) is 3.21. The molecule has 7 heteroatoms. The number of hydrogen-bond acceptors (Lipinski definition) is 5. The summed E-state index contributed by atoms with van der Waals surface area (Å²) in [5.41, 5.74) is 6.55. The molecule has 0 amide bonds. The highest BCUT2D eigenvalue weighted by Crippen LogP contribution is 2.34. The zero-order chi connectivity index (χ0) is 15.0. The van der Waals surface area contributed by atoms with Crippen LogP contribution in [0.5, 0.6) is 5.75 Å². The Balaban J connectivity index is 2.06. The van der Waals surface area contributed by atoms with E-state index in [1.54, 1.807) is 18.2 Å². The first-order chi connectivity index (χ1) is 10.1. The molecule has 3 aromatic rings. The van der Waals surface area contributed by atoms with Gasteiger partial charge >= 0.3 is 0 Å². The van der Waals surface area contributed by atoms with Crippen molar-refractivity contribution >= 4 is 17.3 Å². The van der Waals surface area contributed by atoms with E-state index in [0.717, 1.165) is 6.07 Å². The maximum atomic E-state index is 13.0. The van der Waals surface area contributed by atoms with E-state index in [0.29, 0.717) is 11.1 Å². The average Bonchev–Trinajstić information content (AvgIpc) is 2.91. The summed E-state index contributed by atoms with van der Waals surface area (Å²) in [5, 5.41) is 13.8. The molecule has 0 aliphatic rings. The summed E-state index contributed by atoms with van der Waals surface area (Å²) in [6.45, 7) is 0. The summed E-state index contributed by atoms with van der Waals surface area (Å²) in [6.07, 6.45) is 0. The zero-order valence-corrected chi connectivity index (χ0v) is 11.3. The molecular formula is C14H9ClFN3O2. The highest BCUT2D eigenvalue weighted by atomic mass is 35.5. The summed E-state index contributed by atoms with van der Waals surface area (Å²) in [6, 6.07) is 8.65. The molecule has 0 unspecified atom stereocenters. The van der Waals surface area contributed by atoms with Crippen LogP contribution in [0, 0.1) is 5.82 Å². The molecule has 3 N–H and O–H groups in total. The fourth-order valence-electron chi connectivity index (χ4n) is 1.85. The number of hydrogen-bond donors (Lipinski definition) is 2. The van der Waals surface area contributed by atoms with Crippen molar-refractivity contribution in [2.45, 2.75) is 0 Å². The number of aromatic hydroxyl groups is 1. The Hall–Kier alpha value is -2.60. The Kier molecular flexibility index (Phi) is 3.23. The van der Waals surface area contributed by atoms with Gasteiger partial charge < -0.3 is 15.4 Å². The molecule has 0 aliphatic heterocycles. The zero-order valence-electron chi connectivity index (χ0n) is 10.5. The molecule has 106 valence electrons. The molecule has 0 saturated carbocycles. The molecule has 3 rings (SSSR count). The van der Waals surface area contributed by atoms with E-state index in [-0.39, 0.29) is 28.2 Å². The normalized spacial score (nSPS) is 10.8. The van der Waals surface area contributed by atoms with Crippen LogP contribution in [-0.4, -0.2) is 15.2 Å². The molecule has 0 aliphatic carbocycles. The summed E-state index contributed by atoms with van der Waals surface area (Å²) >= 11 is 5.94. The van der Waals surface area contributed by atoms with Crippen molar-refractivity contribution in [3.05, 3.63) is 47.2 Å². The second-order valence-electron chi connectivity index (χ2n) is 4.29. The Bertz CT molecular complexity index is 820. The number of nitrogens with zero attached hydrogens (tertiary/aromatic N) is 2. The van der Waals surface area contributed by atoms with Gasteiger partial charge in [-0.05, 0) is 30.3 Å². The van der Waals surface area contributed by atoms with Crippen molar-refractivity contribution < 1.29 is 14.0 Å². The molecule has 0 spiro atoms. The van der Waals surface area contributed by atoms with E-state index >= 15 is 0 Å². The van der Waals surface area contributed by atoms with Crippen LogP contribution in [0.2, 0.25) is 5.02 Å². The van der Waals surface area contributed by atoms with E-state index in [1.807, 2.05) is 0 Å². The first kappa shape index (κ1) is 13.4. The number of phenols is 1. The minimum absolute atomic E-state index is 0.0928. The van der Waals surface area contributed by atoms with E-state index in [2.05, 4.69) is 10.1 Å². The third-order valence-electron chi connectivity index (χ3n) is 2.90. The summed E-state index contributed by atoms with van der Waals surface area (Å²) in [5.74, 6) is -0.314. The minimum atomic E-state index is -0.457. The maximum absolute atomic E-state index is 13.0. The van der Waals surface area contributed by atoms with Gasteiger partial charge in [-0.15, -0.1) is 0 Å². The van der Waals surface area contributed by atoms with E-state index in [9.17, 15) is 9.50 Å². The monoisotopic (exact) mass is 305 g/mol. The van der Waals surface area contributed by atoms with Gasteiger partial charge in [-0.25, -0.2) is 4.39 Å². The minimum Gasteiger partial charge on any atom is -0.505 e. The fraction of sp³-hybridized carbons (Fsp3) is 0. The summed E-state index contributed by atoms with van der Waals surface area (Å²) < 4.78 is 18.1. The standard InChI is InChI=1S/C14H9ClFN3O2/c15-10-6-7(16)4-5-8(10)13-18-14(21-19-13)9-2-1-3-11(17)12(9)20/h1-6,20H,17H2. The van der Waals surface area contributed by atoms with Gasteiger partial charge in [-0.1, -0.05) is 22.8 Å². The van der Waals surface area contributed by atoms with E-state index in [1.165, 1.54) is 12.1 Å². The number of para-hydroxylation sites is 1. The highest BCUT2D eigenvalue weighted by molar-refractivity contribution is 6.33. The van der Waals surface area contributed by atoms with Crippen molar-refractivity contribution in [2.75, 3.05) is 5.73 Å². The van der Waals surface area contributed by atoms with Crippen LogP contribution < -0.4 is 5.73 Å². The number of nitrogens with two attached hydrogens (primary N) is 1. The third kappa shape index (κ3) is 2.41. The predicted molar refractivity (Wildman–Crippen MR) is 76.2 cm³/mol. The molecule has 1 heterocycles. The van der Waals surface area contributed by atoms with Gasteiger partial charge in [-0.2, -0.15) is 4.98 Å². The molecule has 5 nitrogen and oxygen atoms in total. The van der Waals surface area contributed by atoms with Gasteiger partial charge in [0, 0.05) is 5.56 Å². The Labute approximate surface area is 123 Å². The Morgan fingerprint density at radius 1 is 1.19 bits per heavy atom. The van der Waals surface area contributed by atoms with Crippen molar-refractivity contribution in [3.63, 3.8) is 0 Å². The van der Waals surface area contributed by atoms with E-state index in [4.69, 9.17) is 21.9 Å². The SMILES string of the molecule is Nc1cccc(-c2nc(-c3ccc(F)cc3Cl)no2)c1O. The molecule has 0 bridgehead atoms. The number of benzene rings is 2. The first-order valence-corrected chi connectivity index (χ1v) is 6.31. The molecule has 0 saturated heterocycles. The number of phenolic OH excluding ortho intramolecular Hbond substituents is 1. The number of halogens is 2. The van der Waals surface area contributed by atoms with Crippen LogP contribution in [-0.2, 0) is 0 Å². The van der Waals surface area contributed by atoms with Crippen molar-refractivity contribution in [1.29, 1.82) is 0 Å². The van der Waals surface area contributed by atoms with Gasteiger partial charge in [0.15, 0.2) is 5.75 Å². The largest absolute Gasteiger partial charge is 0.505 e. The predicted octanol–water partition coefficient (Wildman–Crippen LogP) is 3.48. The van der Waals surface area contributed by atoms with Gasteiger partial charge in [-0.3, -0.25) is 0 Å². The number of nitrogen functional groups attached to an aromatic ring is 1. The topological polar surface area (TPSA) is 85.2 Å². The molecule has 2 aromatic carbocycles. The van der Waals surface area contributed by atoms with Crippen LogP contribution >= 0.6 is 11.6 Å². The molecular weight excluding hydrogens is 297 g/mol. The van der Waals surface area contributed by atoms with Gasteiger partial charge in [0.05, 0.1) is 16.3 Å². The quantitative estimate of drug-likeness (QED) is 0.559. The smallest absolute Gasteiger partial charge is 0.262 e. The van der Waals surface area contributed by atoms with Crippen LogP contribution in [0.25, 0.3) is 22.8 Å². The second kappa shape index (κ2) is 5.06. The molecule has 0 radical (unpaired) electrons. The second-order valence-corrected chi connectivity index (χ2v) is 4.70. The molecule has 0 fully saturated rings. The summed E-state index contributed by atoms with van der Waals surface area (Å²) in [4.78, 5) is 4.14. The van der Waals surface area contributed by atoms with E-state index < -0.39 is 5.82 Å². The van der Waals surface area contributed by atoms with Crippen molar-refractivity contribution in [2.24, 2.45) is 0 Å². The maximum Gasteiger partial charge on any atom is 0.262 e. The lowest BCUT2D eigenvalue weighted by molar-refractivity contribution is 0.426. The lowest BCUT2D eigenvalue weighted by Gasteiger charge is -2.01. The number of rotatable bonds is 2. The Morgan fingerprint density at radius 2 is 2.00 bits per heavy atom. The van der Waals surface area contributed by atoms with Crippen LogP contribution in [0.4, 0.5) is 10.1 Å². The number of anilines is 1. The van der Waals surface area contributed by atoms with Gasteiger partial charge in [0.2, 0.25) is 5.82 Å². The van der Waals surface area contributed by atoms with Crippen molar-refractivity contribution in [1.82, 2.24) is 10.1 Å². The van der Waals surface area contributed by atoms with Crippen LogP contribution in [0.3, 0.4) is 0 Å². The average molecular weight is 306 g/mol. The molecule has 21 heavy (non-hydrogen) atoms. The van der Waals surface area contributed by atoms with Crippen LogP contribution in [0.1, 0.15) is 0 Å². The molecule has 1 aromatic heterocycles. The highest BCUT2D eigenvalue weighted by Gasteiger charge is 2.17. The summed E-state index contributed by atoms with van der Waals surface area (Å²) in [7, 11) is 0. The molecule has 0 atom stereocenters. The van der Waals surface area contributed by atoms with Gasteiger partial charge in [0.1, 0.15) is 5.82 Å².